The molecule has 4 heteroatoms. The minimum Gasteiger partial charge on any atom is -0.387 e. The van der Waals surface area contributed by atoms with Gasteiger partial charge in [0.25, 0.3) is 0 Å². The lowest BCUT2D eigenvalue weighted by Crippen LogP contribution is -2.38. The van der Waals surface area contributed by atoms with E-state index >= 15 is 0 Å². The van der Waals surface area contributed by atoms with Crippen LogP contribution >= 0.6 is 0 Å². The summed E-state index contributed by atoms with van der Waals surface area (Å²) in [6, 6.07) is -0.368. The number of hydrogen-bond acceptors (Lipinski definition) is 2. The number of amidine groups is 1. The fourth-order valence-corrected chi connectivity index (χ4v) is 1.23. The summed E-state index contributed by atoms with van der Waals surface area (Å²) in [7, 11) is 0. The van der Waals surface area contributed by atoms with Gasteiger partial charge in [0, 0.05) is 19.0 Å². The van der Waals surface area contributed by atoms with Crippen molar-refractivity contribution in [3.8, 4) is 0 Å². The highest BCUT2D eigenvalue weighted by atomic mass is 16.2. The molecule has 0 bridgehead atoms. The molecule has 4 nitrogen and oxygen atoms in total. The van der Waals surface area contributed by atoms with Gasteiger partial charge in [-0.25, -0.2) is 0 Å². The predicted octanol–water partition coefficient (Wildman–Crippen LogP) is 1.26. The third-order valence-corrected chi connectivity index (χ3v) is 2.37. The minimum atomic E-state index is -0.368. The first-order valence-corrected chi connectivity index (χ1v) is 5.55. The van der Waals surface area contributed by atoms with E-state index in [0.717, 1.165) is 13.1 Å². The van der Waals surface area contributed by atoms with Crippen LogP contribution in [0.1, 0.15) is 34.6 Å². The number of hydrogen-bond donors (Lipinski definition) is 1. The van der Waals surface area contributed by atoms with Crippen molar-refractivity contribution >= 4 is 11.7 Å². The van der Waals surface area contributed by atoms with E-state index < -0.39 is 0 Å². The summed E-state index contributed by atoms with van der Waals surface area (Å²) in [5.41, 5.74) is 5.72. The van der Waals surface area contributed by atoms with E-state index in [0.29, 0.717) is 5.84 Å². The van der Waals surface area contributed by atoms with E-state index in [1.165, 1.54) is 0 Å². The van der Waals surface area contributed by atoms with Crippen molar-refractivity contribution < 1.29 is 4.79 Å². The van der Waals surface area contributed by atoms with E-state index in [4.69, 9.17) is 5.73 Å². The zero-order valence-corrected chi connectivity index (χ0v) is 10.4. The van der Waals surface area contributed by atoms with Gasteiger partial charge in [-0.05, 0) is 20.8 Å². The van der Waals surface area contributed by atoms with E-state index in [2.05, 4.69) is 4.99 Å². The highest BCUT2D eigenvalue weighted by molar-refractivity contribution is 5.88. The molecule has 2 N–H and O–H groups in total. The molecule has 0 saturated carbocycles. The Morgan fingerprint density at radius 1 is 1.27 bits per heavy atom. The molecule has 15 heavy (non-hydrogen) atoms. The van der Waals surface area contributed by atoms with Crippen LogP contribution in [0, 0.1) is 5.92 Å². The summed E-state index contributed by atoms with van der Waals surface area (Å²) in [5, 5.41) is 0. The Morgan fingerprint density at radius 3 is 2.07 bits per heavy atom. The molecular weight excluding hydrogens is 190 g/mol. The van der Waals surface area contributed by atoms with Crippen LogP contribution in [-0.4, -0.2) is 35.8 Å². The number of amides is 1. The molecule has 0 aromatic rings. The Labute approximate surface area is 92.5 Å². The van der Waals surface area contributed by atoms with Crippen molar-refractivity contribution in [2.75, 3.05) is 13.1 Å². The lowest BCUT2D eigenvalue weighted by molar-refractivity contribution is -0.131. The fraction of sp³-hybridized carbons (Fsp3) is 0.818. The van der Waals surface area contributed by atoms with Gasteiger partial charge in [-0.3, -0.25) is 9.79 Å². The number of rotatable bonds is 5. The molecule has 0 fully saturated rings. The van der Waals surface area contributed by atoms with Gasteiger partial charge in [0.2, 0.25) is 5.91 Å². The summed E-state index contributed by atoms with van der Waals surface area (Å²) in [6.45, 7) is 11.1. The molecule has 0 spiro atoms. The number of nitrogens with zero attached hydrogens (tertiary/aromatic N) is 2. The van der Waals surface area contributed by atoms with Gasteiger partial charge in [0.05, 0.1) is 5.84 Å². The van der Waals surface area contributed by atoms with E-state index in [-0.39, 0.29) is 17.9 Å². The van der Waals surface area contributed by atoms with Crippen LogP contribution in [0.4, 0.5) is 0 Å². The highest BCUT2D eigenvalue weighted by Gasteiger charge is 2.17. The number of likely N-dealkylation sites (N-methyl/N-ethyl adjacent to an activating group) is 1. The Hall–Kier alpha value is -1.06. The smallest absolute Gasteiger partial charge is 0.247 e. The third-order valence-electron chi connectivity index (χ3n) is 2.37. The maximum Gasteiger partial charge on any atom is 0.247 e. The molecule has 0 aliphatic heterocycles. The minimum absolute atomic E-state index is 0.0450. The lowest BCUT2D eigenvalue weighted by Gasteiger charge is -2.21. The van der Waals surface area contributed by atoms with Crippen molar-refractivity contribution in [2.45, 2.75) is 40.7 Å². The first-order chi connectivity index (χ1) is 6.93. The Balaban J connectivity index is 4.51. The van der Waals surface area contributed by atoms with Gasteiger partial charge >= 0.3 is 0 Å². The normalized spacial score (nSPS) is 14.1. The van der Waals surface area contributed by atoms with Crippen molar-refractivity contribution in [1.29, 1.82) is 0 Å². The largest absolute Gasteiger partial charge is 0.387 e. The van der Waals surface area contributed by atoms with E-state index in [9.17, 15) is 4.79 Å². The van der Waals surface area contributed by atoms with Crippen molar-refractivity contribution in [2.24, 2.45) is 16.6 Å². The van der Waals surface area contributed by atoms with E-state index in [1.807, 2.05) is 27.7 Å². The Kier molecular flexibility index (Phi) is 5.97. The summed E-state index contributed by atoms with van der Waals surface area (Å²) < 4.78 is 0. The van der Waals surface area contributed by atoms with Gasteiger partial charge in [-0.1, -0.05) is 13.8 Å². The van der Waals surface area contributed by atoms with Crippen molar-refractivity contribution in [1.82, 2.24) is 4.90 Å². The van der Waals surface area contributed by atoms with Gasteiger partial charge in [-0.15, -0.1) is 0 Å². The van der Waals surface area contributed by atoms with E-state index in [1.54, 1.807) is 11.8 Å². The molecule has 0 aliphatic carbocycles. The summed E-state index contributed by atoms with van der Waals surface area (Å²) >= 11 is 0. The standard InChI is InChI=1S/C11H23N3O/c1-6-14(7-2)11(15)9(5)13-10(12)8(3)4/h8-9H,6-7H2,1-5H3,(H2,12,13). The van der Waals surface area contributed by atoms with Crippen LogP contribution in [0.2, 0.25) is 0 Å². The van der Waals surface area contributed by atoms with Crippen molar-refractivity contribution in [3.05, 3.63) is 0 Å². The highest BCUT2D eigenvalue weighted by Crippen LogP contribution is 2.01. The topological polar surface area (TPSA) is 58.7 Å². The molecule has 0 aromatic heterocycles. The second kappa shape index (κ2) is 6.43. The molecule has 0 radical (unpaired) electrons. The van der Waals surface area contributed by atoms with Crippen LogP contribution in [0.15, 0.2) is 4.99 Å². The number of carbonyl (C=O) groups is 1. The summed E-state index contributed by atoms with van der Waals surface area (Å²) in [6.07, 6.45) is 0. The van der Waals surface area contributed by atoms with Gasteiger partial charge < -0.3 is 10.6 Å². The predicted molar refractivity (Wildman–Crippen MR) is 63.9 cm³/mol. The molecular formula is C11H23N3O. The van der Waals surface area contributed by atoms with Gasteiger partial charge in [-0.2, -0.15) is 0 Å². The van der Waals surface area contributed by atoms with Crippen molar-refractivity contribution in [3.63, 3.8) is 0 Å². The zero-order chi connectivity index (χ0) is 12.0. The monoisotopic (exact) mass is 213 g/mol. The second-order valence-corrected chi connectivity index (χ2v) is 3.90. The first-order valence-electron chi connectivity index (χ1n) is 5.55. The molecule has 0 heterocycles. The Morgan fingerprint density at radius 2 is 1.73 bits per heavy atom. The summed E-state index contributed by atoms with van der Waals surface area (Å²) in [5.74, 6) is 0.781. The van der Waals surface area contributed by atoms with Crippen LogP contribution in [0.3, 0.4) is 0 Å². The first kappa shape index (κ1) is 13.9. The molecule has 1 atom stereocenters. The lowest BCUT2D eigenvalue weighted by atomic mass is 10.2. The van der Waals surface area contributed by atoms with Crippen LogP contribution < -0.4 is 5.73 Å². The average molecular weight is 213 g/mol. The van der Waals surface area contributed by atoms with Gasteiger partial charge in [0.1, 0.15) is 6.04 Å². The molecule has 0 rings (SSSR count). The third kappa shape index (κ3) is 4.32. The number of carbonyl (C=O) groups excluding carboxylic acids is 1. The molecule has 0 saturated heterocycles. The maximum atomic E-state index is 11.8. The zero-order valence-electron chi connectivity index (χ0n) is 10.4. The fourth-order valence-electron chi connectivity index (χ4n) is 1.23. The Bertz CT molecular complexity index is 232. The molecule has 1 unspecified atom stereocenters. The van der Waals surface area contributed by atoms with Crippen LogP contribution in [-0.2, 0) is 4.79 Å². The van der Waals surface area contributed by atoms with Gasteiger partial charge in [0.15, 0.2) is 0 Å². The number of nitrogens with two attached hydrogens (primary N) is 1. The van der Waals surface area contributed by atoms with Crippen LogP contribution in [0.5, 0.6) is 0 Å². The second-order valence-electron chi connectivity index (χ2n) is 3.90. The SMILES string of the molecule is CCN(CC)C(=O)C(C)N=C(N)C(C)C. The average Bonchev–Trinajstić information content (AvgIpc) is 2.19. The molecule has 1 amide bonds. The molecule has 0 aromatic carbocycles. The molecule has 88 valence electrons. The number of aliphatic imine (C=N–C) groups is 1. The maximum absolute atomic E-state index is 11.8. The van der Waals surface area contributed by atoms with Crippen LogP contribution in [0.25, 0.3) is 0 Å². The molecule has 0 aliphatic rings. The summed E-state index contributed by atoms with van der Waals surface area (Å²) in [4.78, 5) is 17.8. The quantitative estimate of drug-likeness (QED) is 0.552.